The van der Waals surface area contributed by atoms with Crippen molar-refractivity contribution in [3.05, 3.63) is 149 Å². The highest BCUT2D eigenvalue weighted by molar-refractivity contribution is 6.25. The van der Waals surface area contributed by atoms with Crippen molar-refractivity contribution in [2.24, 2.45) is 17.8 Å². The molecule has 1 spiro atoms. The number of carbonyl (C=O) groups is 7. The molecule has 404 valence electrons. The number of aliphatic hydroxyl groups excluding tert-OH is 1. The molecule has 0 unspecified atom stereocenters. The van der Waals surface area contributed by atoms with Crippen LogP contribution in [0.15, 0.2) is 122 Å². The van der Waals surface area contributed by atoms with E-state index in [1.54, 1.807) is 73.6 Å². The summed E-state index contributed by atoms with van der Waals surface area (Å²) >= 11 is 0. The molecule has 1 aromatic heterocycles. The maximum atomic E-state index is 16.9. The molecule has 20 nitrogen and oxygen atoms in total. The van der Waals surface area contributed by atoms with Crippen LogP contribution in [0.25, 0.3) is 0 Å². The number of anilines is 2. The van der Waals surface area contributed by atoms with Gasteiger partial charge in [-0.3, -0.25) is 28.9 Å². The van der Waals surface area contributed by atoms with Gasteiger partial charge in [0.1, 0.15) is 36.0 Å². The van der Waals surface area contributed by atoms with Crippen molar-refractivity contribution in [1.82, 2.24) is 25.1 Å². The maximum absolute atomic E-state index is 16.9. The smallest absolute Gasteiger partial charge is 0.329 e. The van der Waals surface area contributed by atoms with E-state index in [-0.39, 0.29) is 62.6 Å². The molecule has 0 aliphatic carbocycles. The van der Waals surface area contributed by atoms with Gasteiger partial charge in [0.2, 0.25) is 17.8 Å². The van der Waals surface area contributed by atoms with E-state index in [9.17, 15) is 19.5 Å². The third-order valence-corrected chi connectivity index (χ3v) is 14.8. The summed E-state index contributed by atoms with van der Waals surface area (Å²) < 4.78 is 27.3. The molecular weight excluding hydrogens is 1000 g/mol. The van der Waals surface area contributed by atoms with Crippen molar-refractivity contribution in [3.8, 4) is 17.6 Å². The van der Waals surface area contributed by atoms with E-state index in [2.05, 4.69) is 27.1 Å². The van der Waals surface area contributed by atoms with E-state index in [4.69, 9.17) is 23.7 Å². The molecule has 5 aromatic rings. The summed E-state index contributed by atoms with van der Waals surface area (Å²) in [5.74, 6) is -1.58. The first-order chi connectivity index (χ1) is 37.8. The third-order valence-electron chi connectivity index (χ3n) is 14.8. The number of methoxy groups -OCH3 is 3. The Morgan fingerprint density at radius 3 is 2.00 bits per heavy atom. The Morgan fingerprint density at radius 2 is 1.40 bits per heavy atom. The largest absolute Gasteiger partial charge is 0.491 e. The molecule has 0 radical (unpaired) electrons. The number of cyclic esters (lactones) is 1. The van der Waals surface area contributed by atoms with Crippen molar-refractivity contribution >= 4 is 53.4 Å². The fourth-order valence-corrected chi connectivity index (χ4v) is 11.3. The lowest BCUT2D eigenvalue weighted by atomic mass is 9.64. The van der Waals surface area contributed by atoms with Crippen LogP contribution in [0.4, 0.5) is 16.4 Å². The zero-order chi connectivity index (χ0) is 55.3. The number of hydrogen-bond donors (Lipinski definition) is 2. The number of benzene rings is 4. The third kappa shape index (κ3) is 9.97. The van der Waals surface area contributed by atoms with E-state index in [0.29, 0.717) is 28.4 Å². The quantitative estimate of drug-likeness (QED) is 0.0675. The van der Waals surface area contributed by atoms with Crippen LogP contribution in [0, 0.1) is 29.6 Å². The van der Waals surface area contributed by atoms with Crippen LogP contribution in [-0.2, 0) is 53.1 Å². The highest BCUT2D eigenvalue weighted by Gasteiger charge is 2.76. The Bertz CT molecular complexity index is 3090. The normalized spacial score (nSPS) is 21.9. The minimum absolute atomic E-state index is 0.0233. The predicted molar refractivity (Wildman–Crippen MR) is 280 cm³/mol. The molecule has 4 amide bonds. The second kappa shape index (κ2) is 23.3. The number of carbonyl (C=O) groups excluding carboxylic acids is 7. The minimum Gasteiger partial charge on any atom is -0.491 e. The van der Waals surface area contributed by atoms with Gasteiger partial charge in [-0.05, 0) is 64.6 Å². The van der Waals surface area contributed by atoms with Gasteiger partial charge in [-0.2, -0.15) is 0 Å². The standard InChI is InChI=1S/C58H59N7O13/c1-35(2)45(53(70)76-5)61-57(73)64-43-25-20-36(14-12-19-41(51(68)74-3)52(69)75-4)34-42(43)58(55(64)72)44(50(67)62-28-30-63(31-29-62)56-59-26-13-27-60-56)47-54(71)78-48(38-17-10-7-11-18-38)46(37-15-8-6-9-16-37)65(47)49(58)39-21-23-40(24-22-39)77-33-32-66/h6-11,13,15-18,20-27,34-35,41,44-49,66H,19,28-33H2,1-5H3,(H,61,73)/t44-,45-,46-,47-,48+,49+,58-/m0/s1. The second-order valence-corrected chi connectivity index (χ2v) is 19.4. The number of nitrogens with zero attached hydrogens (tertiary/aromatic N) is 6. The topological polar surface area (TPSA) is 237 Å². The van der Waals surface area contributed by atoms with Gasteiger partial charge in [-0.25, -0.2) is 24.5 Å². The van der Waals surface area contributed by atoms with E-state index in [0.717, 1.165) is 19.1 Å². The number of nitrogens with one attached hydrogen (secondary N) is 1. The number of imide groups is 1. The average molecular weight is 1060 g/mol. The summed E-state index contributed by atoms with van der Waals surface area (Å²) in [6.45, 7) is 3.93. The van der Waals surface area contributed by atoms with Gasteiger partial charge < -0.3 is 43.9 Å². The number of piperazine rings is 1. The van der Waals surface area contributed by atoms with E-state index in [1.165, 1.54) is 13.2 Å². The van der Waals surface area contributed by atoms with Crippen LogP contribution in [-0.4, -0.2) is 139 Å². The summed E-state index contributed by atoms with van der Waals surface area (Å²) in [6, 6.07) is 25.7. The Morgan fingerprint density at radius 1 is 0.769 bits per heavy atom. The number of fused-ring (bicyclic) bond motifs is 3. The fourth-order valence-electron chi connectivity index (χ4n) is 11.3. The summed E-state index contributed by atoms with van der Waals surface area (Å²) in [5, 5.41) is 12.4. The first kappa shape index (κ1) is 54.1. The van der Waals surface area contributed by atoms with Gasteiger partial charge in [-0.1, -0.05) is 98.5 Å². The molecule has 4 aliphatic rings. The van der Waals surface area contributed by atoms with Gasteiger partial charge in [0, 0.05) is 50.6 Å². The number of aliphatic hydroxyl groups is 1. The van der Waals surface area contributed by atoms with Crippen molar-refractivity contribution in [2.45, 2.75) is 56.0 Å². The van der Waals surface area contributed by atoms with E-state index in [1.807, 2.05) is 70.5 Å². The van der Waals surface area contributed by atoms with Crippen LogP contribution in [0.2, 0.25) is 0 Å². The van der Waals surface area contributed by atoms with Gasteiger partial charge in [0.25, 0.3) is 0 Å². The van der Waals surface area contributed by atoms with Crippen molar-refractivity contribution < 1.29 is 62.4 Å². The molecule has 4 aliphatic heterocycles. The molecule has 2 N–H and O–H groups in total. The number of rotatable bonds is 14. The molecule has 3 saturated heterocycles. The number of ether oxygens (including phenoxy) is 5. The number of morpholine rings is 1. The molecule has 5 heterocycles. The Kier molecular flexibility index (Phi) is 16.2. The van der Waals surface area contributed by atoms with Gasteiger partial charge in [-0.15, -0.1) is 0 Å². The molecule has 0 saturated carbocycles. The van der Waals surface area contributed by atoms with E-state index < -0.39 is 95.2 Å². The highest BCUT2D eigenvalue weighted by Crippen LogP contribution is 2.66. The number of aromatic nitrogens is 2. The van der Waals surface area contributed by atoms with Crippen molar-refractivity contribution in [2.75, 3.05) is 70.5 Å². The van der Waals surface area contributed by atoms with Crippen LogP contribution in [0.1, 0.15) is 66.3 Å². The molecule has 7 atom stereocenters. The number of esters is 4. The fraction of sp³-hybridized carbons (Fsp3) is 0.362. The van der Waals surface area contributed by atoms with Crippen molar-refractivity contribution in [1.29, 1.82) is 0 Å². The molecule has 9 rings (SSSR count). The number of urea groups is 1. The van der Waals surface area contributed by atoms with Crippen LogP contribution in [0.3, 0.4) is 0 Å². The zero-order valence-electron chi connectivity index (χ0n) is 43.6. The summed E-state index contributed by atoms with van der Waals surface area (Å²) in [7, 11) is 3.45. The molecule has 4 aromatic carbocycles. The predicted octanol–water partition coefficient (Wildman–Crippen LogP) is 4.47. The lowest BCUT2D eigenvalue weighted by Gasteiger charge is -2.46. The van der Waals surface area contributed by atoms with E-state index >= 15 is 19.2 Å². The summed E-state index contributed by atoms with van der Waals surface area (Å²) in [6.07, 6.45) is 1.91. The van der Waals surface area contributed by atoms with Crippen molar-refractivity contribution in [3.63, 3.8) is 0 Å². The highest BCUT2D eigenvalue weighted by atomic mass is 16.6. The van der Waals surface area contributed by atoms with Gasteiger partial charge >= 0.3 is 29.9 Å². The monoisotopic (exact) mass is 1060 g/mol. The van der Waals surface area contributed by atoms with Crippen LogP contribution >= 0.6 is 0 Å². The Hall–Kier alpha value is -8.67. The SMILES string of the molecule is COC(=O)C(CC#Cc1ccc2c(c1)[C@]1(C(=O)N2C(=O)N[C@H](C(=O)OC)C(C)C)[C@H](C(=O)N2CCN(c3ncccn3)CC2)[C@H]2C(=O)O[C@H](c3ccccc3)[C@H](c3ccccc3)N2[C@@H]1c1ccc(OCCO)cc1)C(=O)OC. The zero-order valence-corrected chi connectivity index (χ0v) is 43.6. The average Bonchev–Trinajstić information content (AvgIpc) is 2.42. The molecule has 3 fully saturated rings. The first-order valence-electron chi connectivity index (χ1n) is 25.5. The Balaban J connectivity index is 1.33. The van der Waals surface area contributed by atoms with Gasteiger partial charge in [0.15, 0.2) is 5.92 Å². The molecule has 0 bridgehead atoms. The first-order valence-corrected chi connectivity index (χ1v) is 25.5. The number of hydrogen-bond acceptors (Lipinski definition) is 17. The second-order valence-electron chi connectivity index (χ2n) is 19.4. The molecular formula is C58H59N7O13. The minimum atomic E-state index is -2.21. The summed E-state index contributed by atoms with van der Waals surface area (Å²) in [4.78, 5) is 118. The summed E-state index contributed by atoms with van der Waals surface area (Å²) in [5.41, 5.74) is -0.0590. The lowest BCUT2D eigenvalue weighted by molar-refractivity contribution is -0.179. The van der Waals surface area contributed by atoms with Crippen LogP contribution < -0.4 is 19.9 Å². The maximum Gasteiger partial charge on any atom is 0.329 e. The Labute approximate surface area is 450 Å². The molecule has 78 heavy (non-hydrogen) atoms. The van der Waals surface area contributed by atoms with Gasteiger partial charge in [0.05, 0.1) is 51.6 Å². The van der Waals surface area contributed by atoms with Crippen LogP contribution in [0.5, 0.6) is 5.75 Å². The molecule has 20 heteroatoms. The lowest BCUT2D eigenvalue weighted by Crippen LogP contribution is -2.60. The number of amides is 4.